The molecule has 1 saturated heterocycles. The SMILES string of the molecule is CCN1CCC(Nc2cccc3c2ccn3CC(F)(F)F)CC1. The molecule has 0 saturated carbocycles. The highest BCUT2D eigenvalue weighted by Crippen LogP contribution is 2.29. The molecular weight excluding hydrogens is 303 g/mol. The van der Waals surface area contributed by atoms with Crippen LogP contribution in [0.2, 0.25) is 0 Å². The van der Waals surface area contributed by atoms with Crippen LogP contribution >= 0.6 is 0 Å². The molecule has 0 bridgehead atoms. The third-order valence-electron chi connectivity index (χ3n) is 4.56. The highest BCUT2D eigenvalue weighted by molar-refractivity contribution is 5.92. The first-order chi connectivity index (χ1) is 11.0. The van der Waals surface area contributed by atoms with Crippen LogP contribution in [0.15, 0.2) is 30.5 Å². The minimum atomic E-state index is -4.21. The van der Waals surface area contributed by atoms with E-state index in [1.807, 2.05) is 12.1 Å². The Hall–Kier alpha value is -1.69. The van der Waals surface area contributed by atoms with Crippen molar-refractivity contribution in [2.24, 2.45) is 0 Å². The monoisotopic (exact) mass is 325 g/mol. The lowest BCUT2D eigenvalue weighted by atomic mass is 10.0. The van der Waals surface area contributed by atoms with Gasteiger partial charge in [0.15, 0.2) is 0 Å². The van der Waals surface area contributed by atoms with Crippen LogP contribution in [0, 0.1) is 0 Å². The van der Waals surface area contributed by atoms with Gasteiger partial charge < -0.3 is 14.8 Å². The van der Waals surface area contributed by atoms with Crippen LogP contribution in [0.5, 0.6) is 0 Å². The zero-order valence-electron chi connectivity index (χ0n) is 13.2. The summed E-state index contributed by atoms with van der Waals surface area (Å²) in [5.74, 6) is 0. The summed E-state index contributed by atoms with van der Waals surface area (Å²) in [6.45, 7) is 4.42. The Morgan fingerprint density at radius 3 is 2.57 bits per heavy atom. The first-order valence-electron chi connectivity index (χ1n) is 8.10. The summed E-state index contributed by atoms with van der Waals surface area (Å²) in [6, 6.07) is 7.66. The number of piperidine rings is 1. The molecule has 2 heterocycles. The third kappa shape index (κ3) is 3.80. The Bertz CT molecular complexity index is 655. The maximum Gasteiger partial charge on any atom is 0.406 e. The number of hydrogen-bond acceptors (Lipinski definition) is 2. The van der Waals surface area contributed by atoms with Crippen LogP contribution in [-0.2, 0) is 6.54 Å². The highest BCUT2D eigenvalue weighted by atomic mass is 19.4. The van der Waals surface area contributed by atoms with E-state index in [-0.39, 0.29) is 0 Å². The first kappa shape index (κ1) is 16.2. The van der Waals surface area contributed by atoms with Gasteiger partial charge in [0.1, 0.15) is 6.54 Å². The Morgan fingerprint density at radius 2 is 1.91 bits per heavy atom. The fraction of sp³-hybridized carbons (Fsp3) is 0.529. The largest absolute Gasteiger partial charge is 0.406 e. The van der Waals surface area contributed by atoms with Gasteiger partial charge in [-0.15, -0.1) is 0 Å². The summed E-state index contributed by atoms with van der Waals surface area (Å²) in [4.78, 5) is 2.42. The van der Waals surface area contributed by atoms with Gasteiger partial charge in [-0.05, 0) is 37.6 Å². The van der Waals surface area contributed by atoms with E-state index >= 15 is 0 Å². The van der Waals surface area contributed by atoms with E-state index in [0.29, 0.717) is 11.6 Å². The summed E-state index contributed by atoms with van der Waals surface area (Å²) in [5.41, 5.74) is 1.55. The van der Waals surface area contributed by atoms with Crippen LogP contribution in [0.25, 0.3) is 10.9 Å². The van der Waals surface area contributed by atoms with Gasteiger partial charge in [-0.1, -0.05) is 13.0 Å². The molecule has 2 aromatic rings. The summed E-state index contributed by atoms with van der Waals surface area (Å²) < 4.78 is 39.2. The molecule has 1 N–H and O–H groups in total. The molecule has 1 fully saturated rings. The van der Waals surface area contributed by atoms with Crippen molar-refractivity contribution in [3.8, 4) is 0 Å². The number of anilines is 1. The fourth-order valence-corrected chi connectivity index (χ4v) is 3.29. The van der Waals surface area contributed by atoms with Crippen molar-refractivity contribution < 1.29 is 13.2 Å². The van der Waals surface area contributed by atoms with E-state index in [1.54, 1.807) is 12.1 Å². The predicted molar refractivity (Wildman–Crippen MR) is 86.8 cm³/mol. The summed E-state index contributed by atoms with van der Waals surface area (Å²) in [5, 5.41) is 4.38. The number of alkyl halides is 3. The Morgan fingerprint density at radius 1 is 1.17 bits per heavy atom. The van der Waals surface area contributed by atoms with Crippen LogP contribution in [-0.4, -0.2) is 41.3 Å². The average Bonchev–Trinajstić information content (AvgIpc) is 2.90. The van der Waals surface area contributed by atoms with Crippen molar-refractivity contribution in [1.82, 2.24) is 9.47 Å². The lowest BCUT2D eigenvalue weighted by Gasteiger charge is -2.32. The fourth-order valence-electron chi connectivity index (χ4n) is 3.29. The second kappa shape index (κ2) is 6.43. The lowest BCUT2D eigenvalue weighted by Crippen LogP contribution is -2.38. The van der Waals surface area contributed by atoms with E-state index in [2.05, 4.69) is 17.1 Å². The molecule has 3 rings (SSSR count). The second-order valence-electron chi connectivity index (χ2n) is 6.15. The average molecular weight is 325 g/mol. The Kier molecular flexibility index (Phi) is 4.53. The van der Waals surface area contributed by atoms with E-state index in [4.69, 9.17) is 0 Å². The second-order valence-corrected chi connectivity index (χ2v) is 6.15. The normalized spacial score (nSPS) is 17.7. The van der Waals surface area contributed by atoms with Gasteiger partial charge in [0, 0.05) is 36.4 Å². The van der Waals surface area contributed by atoms with Crippen LogP contribution in [0.3, 0.4) is 0 Å². The molecule has 1 aliphatic rings. The number of halogens is 3. The van der Waals surface area contributed by atoms with Gasteiger partial charge in [-0.3, -0.25) is 0 Å². The summed E-state index contributed by atoms with van der Waals surface area (Å²) >= 11 is 0. The molecule has 0 unspecified atom stereocenters. The molecule has 0 amide bonds. The molecule has 3 nitrogen and oxygen atoms in total. The van der Waals surface area contributed by atoms with Crippen molar-refractivity contribution >= 4 is 16.6 Å². The number of nitrogens with zero attached hydrogens (tertiary/aromatic N) is 2. The number of fused-ring (bicyclic) bond motifs is 1. The van der Waals surface area contributed by atoms with Crippen LogP contribution in [0.4, 0.5) is 18.9 Å². The topological polar surface area (TPSA) is 20.2 Å². The van der Waals surface area contributed by atoms with Gasteiger partial charge in [0.2, 0.25) is 0 Å². The number of nitrogens with one attached hydrogen (secondary N) is 1. The van der Waals surface area contributed by atoms with Crippen LogP contribution < -0.4 is 5.32 Å². The Balaban J connectivity index is 1.77. The molecule has 0 radical (unpaired) electrons. The maximum atomic E-state index is 12.6. The molecule has 1 aliphatic heterocycles. The molecule has 0 aliphatic carbocycles. The van der Waals surface area contributed by atoms with Gasteiger partial charge in [-0.2, -0.15) is 13.2 Å². The van der Waals surface area contributed by atoms with E-state index < -0.39 is 12.7 Å². The number of aromatic nitrogens is 1. The first-order valence-corrected chi connectivity index (χ1v) is 8.10. The number of likely N-dealkylation sites (tertiary alicyclic amines) is 1. The van der Waals surface area contributed by atoms with Crippen molar-refractivity contribution in [1.29, 1.82) is 0 Å². The van der Waals surface area contributed by atoms with Crippen molar-refractivity contribution in [2.45, 2.75) is 38.5 Å². The Labute approximate surface area is 134 Å². The zero-order chi connectivity index (χ0) is 16.4. The molecular formula is C17H22F3N3. The molecule has 23 heavy (non-hydrogen) atoms. The van der Waals surface area contributed by atoms with E-state index in [9.17, 15) is 13.2 Å². The summed E-state index contributed by atoms with van der Waals surface area (Å²) in [6.07, 6.45) is -0.563. The zero-order valence-corrected chi connectivity index (χ0v) is 13.2. The number of hydrogen-bond donors (Lipinski definition) is 1. The summed E-state index contributed by atoms with van der Waals surface area (Å²) in [7, 11) is 0. The third-order valence-corrected chi connectivity index (χ3v) is 4.56. The predicted octanol–water partition coefficient (Wildman–Crippen LogP) is 4.10. The van der Waals surface area contributed by atoms with Crippen molar-refractivity contribution in [3.63, 3.8) is 0 Å². The van der Waals surface area contributed by atoms with E-state index in [0.717, 1.165) is 43.5 Å². The molecule has 0 atom stereocenters. The van der Waals surface area contributed by atoms with Gasteiger partial charge in [0.25, 0.3) is 0 Å². The quantitative estimate of drug-likeness (QED) is 0.913. The molecule has 1 aromatic heterocycles. The van der Waals surface area contributed by atoms with E-state index in [1.165, 1.54) is 10.8 Å². The smallest absolute Gasteiger partial charge is 0.382 e. The maximum absolute atomic E-state index is 12.6. The number of rotatable bonds is 4. The molecule has 126 valence electrons. The molecule has 6 heteroatoms. The van der Waals surface area contributed by atoms with Gasteiger partial charge >= 0.3 is 6.18 Å². The standard InChI is InChI=1S/C17H22F3N3/c1-2-22-9-6-13(7-10-22)21-15-4-3-5-16-14(15)8-11-23(16)12-17(18,19)20/h3-5,8,11,13,21H,2,6-7,9-10,12H2,1H3. The van der Waals surface area contributed by atoms with Crippen molar-refractivity contribution in [3.05, 3.63) is 30.5 Å². The number of benzene rings is 1. The minimum Gasteiger partial charge on any atom is -0.382 e. The minimum absolute atomic E-state index is 0.384. The molecule has 1 aromatic carbocycles. The van der Waals surface area contributed by atoms with Gasteiger partial charge in [-0.25, -0.2) is 0 Å². The lowest BCUT2D eigenvalue weighted by molar-refractivity contribution is -0.139. The van der Waals surface area contributed by atoms with Crippen LogP contribution in [0.1, 0.15) is 19.8 Å². The van der Waals surface area contributed by atoms with Crippen molar-refractivity contribution in [2.75, 3.05) is 25.0 Å². The molecule has 0 spiro atoms. The highest BCUT2D eigenvalue weighted by Gasteiger charge is 2.28. The van der Waals surface area contributed by atoms with Gasteiger partial charge in [0.05, 0.1) is 5.52 Å².